The number of aromatic nitrogens is 2. The normalized spacial score (nSPS) is 22.1. The first-order chi connectivity index (χ1) is 10.7. The van der Waals surface area contributed by atoms with Crippen LogP contribution in [0.15, 0.2) is 12.4 Å². The molecule has 120 valence electrons. The fraction of sp³-hybridized carbons (Fsp3) is 0.571. The number of hydrogen-bond acceptors (Lipinski definition) is 6. The zero-order valence-electron chi connectivity index (χ0n) is 12.0. The van der Waals surface area contributed by atoms with E-state index in [2.05, 4.69) is 20.6 Å². The van der Waals surface area contributed by atoms with Crippen molar-refractivity contribution >= 4 is 45.9 Å². The van der Waals surface area contributed by atoms with Crippen LogP contribution in [0.5, 0.6) is 0 Å². The highest BCUT2D eigenvalue weighted by atomic mass is 35.5. The number of thiazole rings is 2. The van der Waals surface area contributed by atoms with Gasteiger partial charge in [-0.15, -0.1) is 22.7 Å². The van der Waals surface area contributed by atoms with Crippen LogP contribution in [-0.4, -0.2) is 22.1 Å². The van der Waals surface area contributed by atoms with E-state index in [1.54, 1.807) is 22.7 Å². The fourth-order valence-electron chi connectivity index (χ4n) is 2.81. The van der Waals surface area contributed by atoms with Gasteiger partial charge in [0, 0.05) is 47.3 Å². The predicted octanol–water partition coefficient (Wildman–Crippen LogP) is 4.10. The number of rotatable bonds is 6. The van der Waals surface area contributed by atoms with Crippen LogP contribution in [0.25, 0.3) is 0 Å². The Bertz CT molecular complexity index is 549. The van der Waals surface area contributed by atoms with E-state index in [-0.39, 0.29) is 0 Å². The standard InChI is InChI=1S/C14H18Cl2N4S2/c15-13-19-7-9(21-13)5-17-11-3-1-2-4-12(11)18-6-10-8-20-14(16)22-10/h7-8,11-12,17-18H,1-6H2. The van der Waals surface area contributed by atoms with Crippen molar-refractivity contribution in [3.8, 4) is 0 Å². The Morgan fingerprint density at radius 2 is 1.36 bits per heavy atom. The van der Waals surface area contributed by atoms with E-state index >= 15 is 0 Å². The molecule has 22 heavy (non-hydrogen) atoms. The topological polar surface area (TPSA) is 49.8 Å². The Morgan fingerprint density at radius 1 is 0.909 bits per heavy atom. The predicted molar refractivity (Wildman–Crippen MR) is 94.0 cm³/mol. The Hall–Kier alpha value is -0.240. The molecule has 1 saturated carbocycles. The lowest BCUT2D eigenvalue weighted by molar-refractivity contribution is 0.282. The molecule has 3 rings (SSSR count). The molecule has 2 N–H and O–H groups in total. The van der Waals surface area contributed by atoms with Crippen molar-refractivity contribution in [1.82, 2.24) is 20.6 Å². The largest absolute Gasteiger partial charge is 0.307 e. The van der Waals surface area contributed by atoms with E-state index in [1.165, 1.54) is 35.4 Å². The van der Waals surface area contributed by atoms with Gasteiger partial charge in [-0.2, -0.15) is 0 Å². The van der Waals surface area contributed by atoms with Gasteiger partial charge in [0.25, 0.3) is 0 Å². The van der Waals surface area contributed by atoms with Crippen molar-refractivity contribution in [3.63, 3.8) is 0 Å². The average molecular weight is 377 g/mol. The zero-order valence-corrected chi connectivity index (χ0v) is 15.2. The molecule has 1 fully saturated rings. The molecule has 4 nitrogen and oxygen atoms in total. The van der Waals surface area contributed by atoms with Crippen LogP contribution in [0.3, 0.4) is 0 Å². The second kappa shape index (κ2) is 8.04. The Morgan fingerprint density at radius 3 is 1.73 bits per heavy atom. The third-order valence-corrected chi connectivity index (χ3v) is 6.12. The molecule has 2 aromatic heterocycles. The van der Waals surface area contributed by atoms with Gasteiger partial charge >= 0.3 is 0 Å². The third-order valence-electron chi connectivity index (χ3n) is 3.89. The first-order valence-corrected chi connectivity index (χ1v) is 9.77. The Balaban J connectivity index is 1.51. The summed E-state index contributed by atoms with van der Waals surface area (Å²) in [7, 11) is 0. The van der Waals surface area contributed by atoms with Crippen molar-refractivity contribution in [2.24, 2.45) is 0 Å². The highest BCUT2D eigenvalue weighted by molar-refractivity contribution is 7.16. The van der Waals surface area contributed by atoms with Crippen LogP contribution in [0.2, 0.25) is 8.93 Å². The molecule has 0 amide bonds. The molecule has 2 atom stereocenters. The molecule has 8 heteroatoms. The van der Waals surface area contributed by atoms with Gasteiger partial charge < -0.3 is 10.6 Å². The fourth-order valence-corrected chi connectivity index (χ4v) is 4.67. The van der Waals surface area contributed by atoms with Gasteiger partial charge in [0.05, 0.1) is 0 Å². The summed E-state index contributed by atoms with van der Waals surface area (Å²) in [6, 6.07) is 0.969. The summed E-state index contributed by atoms with van der Waals surface area (Å²) >= 11 is 14.8. The van der Waals surface area contributed by atoms with Gasteiger partial charge in [-0.3, -0.25) is 0 Å². The molecule has 2 aromatic rings. The molecule has 1 aliphatic carbocycles. The first-order valence-electron chi connectivity index (χ1n) is 7.38. The van der Waals surface area contributed by atoms with Crippen LogP contribution in [-0.2, 0) is 13.1 Å². The maximum Gasteiger partial charge on any atom is 0.183 e. The maximum atomic E-state index is 5.88. The van der Waals surface area contributed by atoms with Crippen molar-refractivity contribution in [2.75, 3.05) is 0 Å². The summed E-state index contributed by atoms with van der Waals surface area (Å²) in [6.45, 7) is 1.67. The summed E-state index contributed by atoms with van der Waals surface area (Å²) in [4.78, 5) is 10.5. The maximum absolute atomic E-state index is 5.88. The van der Waals surface area contributed by atoms with E-state index < -0.39 is 0 Å². The monoisotopic (exact) mass is 376 g/mol. The second-order valence-electron chi connectivity index (χ2n) is 5.42. The van der Waals surface area contributed by atoms with Crippen molar-refractivity contribution in [2.45, 2.75) is 50.9 Å². The van der Waals surface area contributed by atoms with Gasteiger partial charge in [0.1, 0.15) is 0 Å². The van der Waals surface area contributed by atoms with Gasteiger partial charge in [0.2, 0.25) is 0 Å². The van der Waals surface area contributed by atoms with Gasteiger partial charge in [-0.05, 0) is 12.8 Å². The molecule has 0 aliphatic heterocycles. The van der Waals surface area contributed by atoms with Crippen LogP contribution in [0.1, 0.15) is 35.4 Å². The van der Waals surface area contributed by atoms with E-state index in [0.717, 1.165) is 13.1 Å². The molecule has 0 aromatic carbocycles. The lowest BCUT2D eigenvalue weighted by Gasteiger charge is -2.33. The minimum atomic E-state index is 0.484. The van der Waals surface area contributed by atoms with Gasteiger partial charge in [-0.1, -0.05) is 36.0 Å². The van der Waals surface area contributed by atoms with E-state index in [0.29, 0.717) is 21.0 Å². The van der Waals surface area contributed by atoms with Crippen LogP contribution < -0.4 is 10.6 Å². The van der Waals surface area contributed by atoms with Crippen LogP contribution >= 0.6 is 45.9 Å². The number of halogens is 2. The summed E-state index contributed by atoms with van der Waals surface area (Å²) in [5.41, 5.74) is 0. The van der Waals surface area contributed by atoms with E-state index in [4.69, 9.17) is 23.2 Å². The highest BCUT2D eigenvalue weighted by Gasteiger charge is 2.24. The molecule has 2 heterocycles. The Kier molecular flexibility index (Phi) is 6.07. The lowest BCUT2D eigenvalue weighted by atomic mass is 9.90. The first kappa shape index (κ1) is 16.6. The molecule has 0 bridgehead atoms. The number of hydrogen-bond donors (Lipinski definition) is 2. The summed E-state index contributed by atoms with van der Waals surface area (Å²) in [5.74, 6) is 0. The van der Waals surface area contributed by atoms with Crippen molar-refractivity contribution in [3.05, 3.63) is 31.1 Å². The highest BCUT2D eigenvalue weighted by Crippen LogP contribution is 2.23. The van der Waals surface area contributed by atoms with Crippen molar-refractivity contribution in [1.29, 1.82) is 0 Å². The number of nitrogens with one attached hydrogen (secondary N) is 2. The average Bonchev–Trinajstić information content (AvgIpc) is 3.12. The quantitative estimate of drug-likeness (QED) is 0.796. The van der Waals surface area contributed by atoms with Crippen LogP contribution in [0.4, 0.5) is 0 Å². The zero-order chi connectivity index (χ0) is 15.4. The smallest absolute Gasteiger partial charge is 0.183 e. The van der Waals surface area contributed by atoms with E-state index in [9.17, 15) is 0 Å². The molecule has 2 unspecified atom stereocenters. The minimum Gasteiger partial charge on any atom is -0.307 e. The second-order valence-corrected chi connectivity index (χ2v) is 8.81. The molecule has 0 spiro atoms. The van der Waals surface area contributed by atoms with Crippen molar-refractivity contribution < 1.29 is 0 Å². The van der Waals surface area contributed by atoms with Gasteiger partial charge in [0.15, 0.2) is 8.93 Å². The van der Waals surface area contributed by atoms with E-state index in [1.807, 2.05) is 12.4 Å². The molecular weight excluding hydrogens is 359 g/mol. The molecule has 0 radical (unpaired) electrons. The lowest BCUT2D eigenvalue weighted by Crippen LogP contribution is -2.49. The SMILES string of the molecule is Clc1ncc(CNC2CCCCC2NCc2cnc(Cl)s2)s1. The molecule has 0 saturated heterocycles. The number of nitrogens with zero attached hydrogens (tertiary/aromatic N) is 2. The van der Waals surface area contributed by atoms with Crippen LogP contribution in [0, 0.1) is 0 Å². The molecule has 1 aliphatic rings. The summed E-state index contributed by atoms with van der Waals surface area (Å²) in [5, 5.41) is 7.31. The van der Waals surface area contributed by atoms with Gasteiger partial charge in [-0.25, -0.2) is 9.97 Å². The third kappa shape index (κ3) is 4.63. The molecular formula is C14H18Cl2N4S2. The summed E-state index contributed by atoms with van der Waals surface area (Å²) in [6.07, 6.45) is 8.67. The minimum absolute atomic E-state index is 0.484. The summed E-state index contributed by atoms with van der Waals surface area (Å²) < 4.78 is 1.22. The Labute approximate surface area is 148 Å².